The topological polar surface area (TPSA) is 145 Å². The van der Waals surface area contributed by atoms with Crippen LogP contribution in [0.25, 0.3) is 0 Å². The van der Waals surface area contributed by atoms with Gasteiger partial charge in [-0.25, -0.2) is 4.57 Å². The summed E-state index contributed by atoms with van der Waals surface area (Å²) < 4.78 is 26.0. The number of phosphoric ester groups is 1. The fourth-order valence-electron chi connectivity index (χ4n) is 0.810. The summed E-state index contributed by atoms with van der Waals surface area (Å²) in [7, 11) is -4.75. The van der Waals surface area contributed by atoms with Crippen LogP contribution in [-0.2, 0) is 13.9 Å². The molecule has 0 aromatic carbocycles. The average molecular weight is 262 g/mol. The van der Waals surface area contributed by atoms with Crippen molar-refractivity contribution in [1.29, 1.82) is 0 Å². The zero-order valence-electron chi connectivity index (χ0n) is 7.93. The van der Waals surface area contributed by atoms with Crippen LogP contribution in [0.5, 0.6) is 0 Å². The lowest BCUT2D eigenvalue weighted by atomic mass is 10.1. The second-order valence-corrected chi connectivity index (χ2v) is 4.23. The van der Waals surface area contributed by atoms with E-state index in [1.807, 2.05) is 0 Å². The van der Waals surface area contributed by atoms with E-state index in [2.05, 4.69) is 4.52 Å². The number of hydrogen-bond acceptors (Lipinski definition) is 6. The van der Waals surface area contributed by atoms with E-state index in [1.54, 1.807) is 0 Å². The van der Waals surface area contributed by atoms with E-state index in [9.17, 15) is 13.8 Å². The van der Waals surface area contributed by atoms with Crippen LogP contribution >= 0.6 is 7.82 Å². The summed E-state index contributed by atoms with van der Waals surface area (Å²) in [4.78, 5) is 26.5. The van der Waals surface area contributed by atoms with E-state index in [0.29, 0.717) is 0 Å². The molecule has 0 aromatic heterocycles. The van der Waals surface area contributed by atoms with E-state index >= 15 is 0 Å². The minimum atomic E-state index is -4.75. The molecule has 0 rings (SSSR count). The molecule has 10 heteroatoms. The molecule has 0 aliphatic carbocycles. The van der Waals surface area contributed by atoms with Gasteiger partial charge in [0.05, 0.1) is 18.8 Å². The van der Waals surface area contributed by atoms with E-state index in [4.69, 9.17) is 25.1 Å². The Morgan fingerprint density at radius 1 is 1.31 bits per heavy atom. The highest BCUT2D eigenvalue weighted by atomic mass is 31.2. The fraction of sp³-hybridized carbons (Fsp3) is 0.833. The molecule has 0 radical (unpaired) electrons. The number of carbonyl (C=O) groups is 1. The van der Waals surface area contributed by atoms with Gasteiger partial charge in [-0.15, -0.1) is 0 Å². The molecule has 5 N–H and O–H groups in total. The van der Waals surface area contributed by atoms with E-state index in [0.717, 1.165) is 0 Å². The van der Waals surface area contributed by atoms with Crippen LogP contribution in [0.2, 0.25) is 0 Å². The molecule has 0 saturated carbocycles. The Morgan fingerprint density at radius 2 is 1.81 bits per heavy atom. The number of aliphatic hydroxyl groups excluding tert-OH is 3. The first kappa shape index (κ1) is 15.6. The molecular formula is C6H12FO8P. The molecule has 0 spiro atoms. The van der Waals surface area contributed by atoms with Gasteiger partial charge < -0.3 is 25.1 Å². The maximum Gasteiger partial charge on any atom is 0.469 e. The molecule has 0 aliphatic rings. The van der Waals surface area contributed by atoms with Crippen LogP contribution in [0.15, 0.2) is 0 Å². The van der Waals surface area contributed by atoms with Gasteiger partial charge >= 0.3 is 13.9 Å². The van der Waals surface area contributed by atoms with Gasteiger partial charge in [0.1, 0.15) is 0 Å². The van der Waals surface area contributed by atoms with Crippen LogP contribution in [0.1, 0.15) is 6.42 Å². The maximum atomic E-state index is 11.9. The van der Waals surface area contributed by atoms with Gasteiger partial charge in [0, 0.05) is 6.42 Å². The third-order valence-corrected chi connectivity index (χ3v) is 2.03. The first-order valence-electron chi connectivity index (χ1n) is 4.07. The van der Waals surface area contributed by atoms with Crippen LogP contribution in [0.4, 0.5) is 4.39 Å². The fourth-order valence-corrected chi connectivity index (χ4v) is 1.18. The van der Waals surface area contributed by atoms with Crippen molar-refractivity contribution in [2.24, 2.45) is 0 Å². The lowest BCUT2D eigenvalue weighted by Gasteiger charge is -2.17. The van der Waals surface area contributed by atoms with Crippen molar-refractivity contribution >= 4 is 13.9 Å². The zero-order valence-corrected chi connectivity index (χ0v) is 8.83. The van der Waals surface area contributed by atoms with Gasteiger partial charge in [-0.05, 0) is 0 Å². The number of aliphatic hydroxyl groups is 3. The van der Waals surface area contributed by atoms with Crippen molar-refractivity contribution in [2.45, 2.75) is 24.7 Å². The highest BCUT2D eigenvalue weighted by Gasteiger charge is 2.27. The minimum Gasteiger partial charge on any atom is -0.391 e. The molecule has 0 heterocycles. The van der Waals surface area contributed by atoms with E-state index < -0.39 is 45.2 Å². The van der Waals surface area contributed by atoms with E-state index in [1.165, 1.54) is 0 Å². The molecule has 3 atom stereocenters. The highest BCUT2D eigenvalue weighted by molar-refractivity contribution is 7.46. The zero-order chi connectivity index (χ0) is 12.9. The van der Waals surface area contributed by atoms with Crippen LogP contribution < -0.4 is 0 Å². The Hall–Kier alpha value is -0.410. The van der Waals surface area contributed by atoms with Crippen molar-refractivity contribution in [1.82, 2.24) is 0 Å². The van der Waals surface area contributed by atoms with Crippen molar-refractivity contribution in [3.63, 3.8) is 0 Å². The normalized spacial score (nSPS) is 17.9. The Balaban J connectivity index is 4.00. The predicted octanol–water partition coefficient (Wildman–Crippen LogP) is -1.94. The molecule has 0 aliphatic heterocycles. The van der Waals surface area contributed by atoms with Gasteiger partial charge in [-0.1, -0.05) is 0 Å². The third-order valence-electron chi connectivity index (χ3n) is 1.55. The monoisotopic (exact) mass is 262 g/mol. The molecule has 0 bridgehead atoms. The highest BCUT2D eigenvalue weighted by Crippen LogP contribution is 2.35. The number of phosphoric acid groups is 1. The molecule has 3 unspecified atom stereocenters. The predicted molar refractivity (Wildman–Crippen MR) is 46.7 cm³/mol. The van der Waals surface area contributed by atoms with Crippen molar-refractivity contribution < 1.29 is 43.4 Å². The number of rotatable bonds is 7. The molecule has 96 valence electrons. The van der Waals surface area contributed by atoms with Gasteiger partial charge in [-0.3, -0.25) is 9.32 Å². The maximum absolute atomic E-state index is 11.9. The number of hydrogen-bond donors (Lipinski definition) is 5. The number of carbonyl (C=O) groups excluding carboxylic acids is 1. The Bertz CT molecular complexity index is 278. The van der Waals surface area contributed by atoms with Gasteiger partial charge in [0.2, 0.25) is 0 Å². The molecule has 0 amide bonds. The summed E-state index contributed by atoms with van der Waals surface area (Å²) >= 11 is 0. The van der Waals surface area contributed by atoms with Crippen molar-refractivity contribution in [2.75, 3.05) is 6.61 Å². The second-order valence-electron chi connectivity index (χ2n) is 2.99. The van der Waals surface area contributed by atoms with Crippen LogP contribution in [-0.4, -0.2) is 56.1 Å². The molecule has 0 fully saturated rings. The van der Waals surface area contributed by atoms with E-state index in [-0.39, 0.29) is 0 Å². The van der Waals surface area contributed by atoms with Crippen molar-refractivity contribution in [3.05, 3.63) is 0 Å². The third kappa shape index (κ3) is 6.96. The lowest BCUT2D eigenvalue weighted by molar-refractivity contribution is -0.145. The van der Waals surface area contributed by atoms with Crippen LogP contribution in [0, 0.1) is 0 Å². The first-order chi connectivity index (χ1) is 7.13. The van der Waals surface area contributed by atoms with Crippen molar-refractivity contribution in [3.8, 4) is 0 Å². The quantitative estimate of drug-likeness (QED) is 0.263. The molecule has 16 heavy (non-hydrogen) atoms. The summed E-state index contributed by atoms with van der Waals surface area (Å²) in [6, 6.07) is -2.17. The SMILES string of the molecule is O=C(F)C(O)C(O)CC(O)COP(=O)(O)O. The number of halogens is 1. The standard InChI is InChI=1S/C6H12FO8P/c7-6(11)5(10)4(9)1-3(8)2-15-16(12,13)14/h3-5,8-10H,1-2H2,(H2,12,13,14). The molecule has 0 aromatic rings. The Kier molecular flexibility index (Phi) is 6.19. The lowest BCUT2D eigenvalue weighted by Crippen LogP contribution is -2.35. The van der Waals surface area contributed by atoms with Gasteiger partial charge in [0.15, 0.2) is 6.10 Å². The summed E-state index contributed by atoms with van der Waals surface area (Å²) in [5, 5.41) is 26.7. The largest absolute Gasteiger partial charge is 0.469 e. The second kappa shape index (κ2) is 6.36. The Labute approximate surface area is 89.5 Å². The summed E-state index contributed by atoms with van der Waals surface area (Å²) in [6.45, 7) is -0.825. The molecule has 0 saturated heterocycles. The summed E-state index contributed by atoms with van der Waals surface area (Å²) in [6.07, 6.45) is -6.41. The smallest absolute Gasteiger partial charge is 0.391 e. The summed E-state index contributed by atoms with van der Waals surface area (Å²) in [5.74, 6) is 0. The Morgan fingerprint density at radius 3 is 2.19 bits per heavy atom. The van der Waals surface area contributed by atoms with Crippen LogP contribution in [0.3, 0.4) is 0 Å². The van der Waals surface area contributed by atoms with Gasteiger partial charge in [0.25, 0.3) is 0 Å². The first-order valence-corrected chi connectivity index (χ1v) is 5.60. The summed E-state index contributed by atoms with van der Waals surface area (Å²) in [5.41, 5.74) is 0. The van der Waals surface area contributed by atoms with Gasteiger partial charge in [-0.2, -0.15) is 4.39 Å². The molecule has 8 nitrogen and oxygen atoms in total. The molecular weight excluding hydrogens is 250 g/mol. The average Bonchev–Trinajstić information content (AvgIpc) is 2.12. The minimum absolute atomic E-state index is 0.670.